The van der Waals surface area contributed by atoms with Crippen molar-refractivity contribution in [1.29, 1.82) is 0 Å². The summed E-state index contributed by atoms with van der Waals surface area (Å²) in [6.07, 6.45) is 0.626. The summed E-state index contributed by atoms with van der Waals surface area (Å²) in [6.45, 7) is 0. The Balaban J connectivity index is 2.72. The molecule has 0 saturated carbocycles. The van der Waals surface area contributed by atoms with Gasteiger partial charge in [-0.1, -0.05) is 5.16 Å². The summed E-state index contributed by atoms with van der Waals surface area (Å²) in [4.78, 5) is 21.9. The summed E-state index contributed by atoms with van der Waals surface area (Å²) in [5.41, 5.74) is 0.954. The topological polar surface area (TPSA) is 98.9 Å². The zero-order chi connectivity index (χ0) is 15.6. The van der Waals surface area contributed by atoms with Gasteiger partial charge in [-0.15, -0.1) is 0 Å². The molecule has 2 rings (SSSR count). The minimum Gasteiger partial charge on any atom is -0.492 e. The predicted octanol–water partition coefficient (Wildman–Crippen LogP) is 2.63. The number of carbonyl (C=O) groups is 2. The molecular formula is C13H10BrNO6. The number of aldehydes is 1. The zero-order valence-corrected chi connectivity index (χ0v) is 12.6. The van der Waals surface area contributed by atoms with Gasteiger partial charge in [-0.3, -0.25) is 4.79 Å². The molecule has 0 aliphatic rings. The van der Waals surface area contributed by atoms with Crippen LogP contribution in [-0.2, 0) is 0 Å². The SMILES string of the molecule is COc1c(C=O)cc(Br)c(-c2cc(C(=O)O)on2)c1OC. The Labute approximate surface area is 127 Å². The maximum Gasteiger partial charge on any atom is 0.374 e. The molecule has 1 heterocycles. The van der Waals surface area contributed by atoms with E-state index in [1.165, 1.54) is 26.4 Å². The highest BCUT2D eigenvalue weighted by Gasteiger charge is 2.23. The van der Waals surface area contributed by atoms with E-state index in [4.69, 9.17) is 19.1 Å². The van der Waals surface area contributed by atoms with E-state index in [0.29, 0.717) is 16.3 Å². The Hall–Kier alpha value is -2.35. The van der Waals surface area contributed by atoms with Crippen LogP contribution >= 0.6 is 15.9 Å². The summed E-state index contributed by atoms with van der Waals surface area (Å²) in [7, 11) is 2.80. The first-order valence-electron chi connectivity index (χ1n) is 5.63. The van der Waals surface area contributed by atoms with Crippen LogP contribution in [0, 0.1) is 0 Å². The number of carbonyl (C=O) groups excluding carboxylic acids is 1. The van der Waals surface area contributed by atoms with Gasteiger partial charge in [0.05, 0.1) is 25.3 Å². The highest BCUT2D eigenvalue weighted by Crippen LogP contribution is 2.44. The number of rotatable bonds is 5. The standard InChI is InChI=1S/C13H10BrNO6/c1-19-11-6(5-16)3-7(14)10(12(11)20-2)8-4-9(13(17)18)21-15-8/h3-5H,1-2H3,(H,17,18). The number of nitrogens with zero attached hydrogens (tertiary/aromatic N) is 1. The lowest BCUT2D eigenvalue weighted by Crippen LogP contribution is -1.99. The van der Waals surface area contributed by atoms with Crippen molar-refractivity contribution < 1.29 is 28.7 Å². The van der Waals surface area contributed by atoms with Crippen LogP contribution < -0.4 is 9.47 Å². The lowest BCUT2D eigenvalue weighted by molar-refractivity contribution is 0.0652. The van der Waals surface area contributed by atoms with Crippen molar-refractivity contribution in [2.45, 2.75) is 0 Å². The molecule has 0 unspecified atom stereocenters. The van der Waals surface area contributed by atoms with Gasteiger partial charge in [-0.05, 0) is 22.0 Å². The molecule has 0 amide bonds. The van der Waals surface area contributed by atoms with E-state index in [9.17, 15) is 9.59 Å². The fourth-order valence-electron chi connectivity index (χ4n) is 1.85. The Morgan fingerprint density at radius 2 is 2.00 bits per heavy atom. The summed E-state index contributed by atoms with van der Waals surface area (Å²) >= 11 is 3.30. The second-order valence-electron chi connectivity index (χ2n) is 3.89. The zero-order valence-electron chi connectivity index (χ0n) is 11.0. The molecule has 0 aliphatic carbocycles. The first kappa shape index (κ1) is 15.0. The van der Waals surface area contributed by atoms with Crippen LogP contribution in [0.5, 0.6) is 11.5 Å². The van der Waals surface area contributed by atoms with Gasteiger partial charge in [-0.2, -0.15) is 0 Å². The lowest BCUT2D eigenvalue weighted by atomic mass is 10.1. The number of benzene rings is 1. The third kappa shape index (κ3) is 2.62. The maximum atomic E-state index is 11.1. The molecular weight excluding hydrogens is 346 g/mol. The molecule has 0 atom stereocenters. The van der Waals surface area contributed by atoms with Gasteiger partial charge >= 0.3 is 5.97 Å². The molecule has 110 valence electrons. The normalized spacial score (nSPS) is 10.2. The van der Waals surface area contributed by atoms with Crippen molar-refractivity contribution in [3.63, 3.8) is 0 Å². The molecule has 8 heteroatoms. The van der Waals surface area contributed by atoms with Crippen LogP contribution in [0.25, 0.3) is 11.3 Å². The van der Waals surface area contributed by atoms with Gasteiger partial charge in [0.25, 0.3) is 0 Å². The van der Waals surface area contributed by atoms with Crippen LogP contribution in [0.15, 0.2) is 21.1 Å². The van der Waals surface area contributed by atoms with E-state index in [1.807, 2.05) is 0 Å². The van der Waals surface area contributed by atoms with Crippen molar-refractivity contribution >= 4 is 28.2 Å². The van der Waals surface area contributed by atoms with Crippen molar-refractivity contribution in [2.75, 3.05) is 14.2 Å². The molecule has 7 nitrogen and oxygen atoms in total. The third-order valence-corrected chi connectivity index (χ3v) is 3.35. The number of halogens is 1. The molecule has 21 heavy (non-hydrogen) atoms. The van der Waals surface area contributed by atoms with Crippen LogP contribution in [-0.4, -0.2) is 36.7 Å². The number of carboxylic acids is 1. The van der Waals surface area contributed by atoms with Crippen molar-refractivity contribution in [2.24, 2.45) is 0 Å². The minimum atomic E-state index is -1.24. The predicted molar refractivity (Wildman–Crippen MR) is 75.1 cm³/mol. The quantitative estimate of drug-likeness (QED) is 0.822. The third-order valence-electron chi connectivity index (χ3n) is 2.73. The molecule has 0 saturated heterocycles. The average molecular weight is 356 g/mol. The Bertz CT molecular complexity index is 709. The number of carboxylic acid groups (broad SMARTS) is 1. The number of ether oxygens (including phenoxy) is 2. The molecule has 1 N–H and O–H groups in total. The molecule has 0 spiro atoms. The van der Waals surface area contributed by atoms with Crippen LogP contribution in [0.1, 0.15) is 20.9 Å². The van der Waals surface area contributed by atoms with Crippen LogP contribution in [0.3, 0.4) is 0 Å². The van der Waals surface area contributed by atoms with Crippen LogP contribution in [0.2, 0.25) is 0 Å². The Morgan fingerprint density at radius 3 is 2.48 bits per heavy atom. The van der Waals surface area contributed by atoms with Crippen molar-refractivity contribution in [3.8, 4) is 22.8 Å². The largest absolute Gasteiger partial charge is 0.492 e. The van der Waals surface area contributed by atoms with Crippen molar-refractivity contribution in [3.05, 3.63) is 27.9 Å². The smallest absolute Gasteiger partial charge is 0.374 e. The fourth-order valence-corrected chi connectivity index (χ4v) is 2.48. The molecule has 0 fully saturated rings. The number of aromatic nitrogens is 1. The number of hydrogen-bond acceptors (Lipinski definition) is 6. The maximum absolute atomic E-state index is 11.1. The van der Waals surface area contributed by atoms with E-state index in [0.717, 1.165) is 0 Å². The highest BCUT2D eigenvalue weighted by molar-refractivity contribution is 9.10. The first-order valence-corrected chi connectivity index (χ1v) is 6.42. The second-order valence-corrected chi connectivity index (χ2v) is 4.74. The van der Waals surface area contributed by atoms with Gasteiger partial charge in [0.15, 0.2) is 17.8 Å². The summed E-state index contributed by atoms with van der Waals surface area (Å²) in [5, 5.41) is 12.6. The molecule has 1 aromatic heterocycles. The van der Waals surface area contributed by atoms with E-state index in [1.54, 1.807) is 0 Å². The van der Waals surface area contributed by atoms with Gasteiger partial charge in [0, 0.05) is 10.5 Å². The molecule has 0 radical (unpaired) electrons. The first-order chi connectivity index (χ1) is 10.0. The van der Waals surface area contributed by atoms with E-state index in [-0.39, 0.29) is 28.5 Å². The van der Waals surface area contributed by atoms with E-state index >= 15 is 0 Å². The number of aromatic carboxylic acids is 1. The average Bonchev–Trinajstić information content (AvgIpc) is 2.95. The minimum absolute atomic E-state index is 0.227. The van der Waals surface area contributed by atoms with Gasteiger partial charge in [0.1, 0.15) is 5.69 Å². The van der Waals surface area contributed by atoms with Gasteiger partial charge in [-0.25, -0.2) is 4.79 Å². The lowest BCUT2D eigenvalue weighted by Gasteiger charge is -2.14. The number of methoxy groups -OCH3 is 2. The fraction of sp³-hybridized carbons (Fsp3) is 0.154. The van der Waals surface area contributed by atoms with Gasteiger partial charge < -0.3 is 19.1 Å². The Kier molecular flexibility index (Phi) is 4.27. The number of hydrogen-bond donors (Lipinski definition) is 1. The molecule has 1 aromatic carbocycles. The summed E-state index contributed by atoms with van der Waals surface area (Å²) in [5.74, 6) is -1.07. The monoisotopic (exact) mass is 355 g/mol. The van der Waals surface area contributed by atoms with E-state index in [2.05, 4.69) is 21.1 Å². The van der Waals surface area contributed by atoms with Crippen molar-refractivity contribution in [1.82, 2.24) is 5.16 Å². The molecule has 2 aromatic rings. The van der Waals surface area contributed by atoms with Gasteiger partial charge in [0.2, 0.25) is 5.76 Å². The molecule has 0 aliphatic heterocycles. The summed E-state index contributed by atoms with van der Waals surface area (Å²) in [6, 6.07) is 2.78. The Morgan fingerprint density at radius 1 is 1.33 bits per heavy atom. The summed E-state index contributed by atoms with van der Waals surface area (Å²) < 4.78 is 15.7. The van der Waals surface area contributed by atoms with Crippen LogP contribution in [0.4, 0.5) is 0 Å². The highest BCUT2D eigenvalue weighted by atomic mass is 79.9. The second kappa shape index (κ2) is 5.96. The molecule has 0 bridgehead atoms. The van der Waals surface area contributed by atoms with E-state index < -0.39 is 5.97 Å².